The number of aromatic nitrogens is 1. The predicted molar refractivity (Wildman–Crippen MR) is 87.8 cm³/mol. The number of hydrogen-bond acceptors (Lipinski definition) is 4. The number of likely N-dealkylation sites (N-methyl/N-ethyl adjacent to an activating group) is 1. The maximum absolute atomic E-state index is 5.75. The van der Waals surface area contributed by atoms with Gasteiger partial charge in [0.1, 0.15) is 0 Å². The van der Waals surface area contributed by atoms with Crippen LogP contribution in [0.25, 0.3) is 0 Å². The largest absolute Gasteiger partial charge is 0.376 e. The topological polar surface area (TPSA) is 37.4 Å². The molecule has 0 saturated carbocycles. The van der Waals surface area contributed by atoms with Crippen molar-refractivity contribution in [2.24, 2.45) is 5.92 Å². The summed E-state index contributed by atoms with van der Waals surface area (Å²) >= 11 is 0. The number of hydrogen-bond donors (Lipinski definition) is 1. The first kappa shape index (κ1) is 16.2. The van der Waals surface area contributed by atoms with Crippen molar-refractivity contribution in [3.63, 3.8) is 0 Å². The van der Waals surface area contributed by atoms with Gasteiger partial charge in [-0.2, -0.15) is 0 Å². The Labute approximate surface area is 128 Å². The fourth-order valence-electron chi connectivity index (χ4n) is 2.75. The monoisotopic (exact) mass is 291 g/mol. The number of nitrogens with zero attached hydrogens (tertiary/aromatic N) is 2. The van der Waals surface area contributed by atoms with Gasteiger partial charge in [0, 0.05) is 49.9 Å². The molecule has 0 aliphatic carbocycles. The molecule has 2 rings (SSSR count). The van der Waals surface area contributed by atoms with Crippen LogP contribution in [-0.4, -0.2) is 37.8 Å². The molecule has 1 aliphatic rings. The molecule has 21 heavy (non-hydrogen) atoms. The van der Waals surface area contributed by atoms with Gasteiger partial charge in [-0.25, -0.2) is 0 Å². The molecule has 1 atom stereocenters. The summed E-state index contributed by atoms with van der Waals surface area (Å²) in [6, 6.07) is 2.18. The summed E-state index contributed by atoms with van der Waals surface area (Å²) in [5.74, 6) is 0.663. The van der Waals surface area contributed by atoms with E-state index in [4.69, 9.17) is 4.74 Å². The van der Waals surface area contributed by atoms with Crippen molar-refractivity contribution in [2.75, 3.05) is 31.6 Å². The Hall–Kier alpha value is -1.13. The zero-order chi connectivity index (χ0) is 15.2. The van der Waals surface area contributed by atoms with E-state index < -0.39 is 0 Å². The minimum atomic E-state index is 0.375. The summed E-state index contributed by atoms with van der Waals surface area (Å²) < 4.78 is 5.75. The molecule has 4 nitrogen and oxygen atoms in total. The zero-order valence-electron chi connectivity index (χ0n) is 13.9. The highest BCUT2D eigenvalue weighted by Gasteiger charge is 2.19. The smallest absolute Gasteiger partial charge is 0.0750 e. The molecule has 0 bridgehead atoms. The van der Waals surface area contributed by atoms with Crippen LogP contribution in [0.2, 0.25) is 0 Å². The summed E-state index contributed by atoms with van der Waals surface area (Å²) in [4.78, 5) is 6.77. The van der Waals surface area contributed by atoms with Gasteiger partial charge in [-0.05, 0) is 38.3 Å². The normalized spacial score (nSPS) is 18.4. The Morgan fingerprint density at radius 3 is 2.95 bits per heavy atom. The fourth-order valence-corrected chi connectivity index (χ4v) is 2.75. The van der Waals surface area contributed by atoms with Gasteiger partial charge in [0.2, 0.25) is 0 Å². The summed E-state index contributed by atoms with van der Waals surface area (Å²) in [6.45, 7) is 10.3. The van der Waals surface area contributed by atoms with Crippen molar-refractivity contribution in [3.05, 3.63) is 23.5 Å². The van der Waals surface area contributed by atoms with Gasteiger partial charge in [-0.3, -0.25) is 4.98 Å². The molecule has 1 aromatic rings. The molecule has 2 heterocycles. The molecule has 118 valence electrons. The molecule has 1 saturated heterocycles. The van der Waals surface area contributed by atoms with Gasteiger partial charge in [0.05, 0.1) is 6.10 Å². The van der Waals surface area contributed by atoms with Gasteiger partial charge in [0.25, 0.3) is 0 Å². The Bertz CT molecular complexity index is 442. The molecule has 1 fully saturated rings. The van der Waals surface area contributed by atoms with Gasteiger partial charge in [0.15, 0.2) is 0 Å². The van der Waals surface area contributed by atoms with E-state index >= 15 is 0 Å². The van der Waals surface area contributed by atoms with Gasteiger partial charge in [-0.1, -0.05) is 13.8 Å². The fraction of sp³-hybridized carbons (Fsp3) is 0.706. The first-order valence-corrected chi connectivity index (χ1v) is 8.05. The molecule has 0 amide bonds. The molecule has 4 heteroatoms. The van der Waals surface area contributed by atoms with Crippen LogP contribution in [0.4, 0.5) is 5.69 Å². The van der Waals surface area contributed by atoms with Crippen molar-refractivity contribution in [1.29, 1.82) is 0 Å². The Morgan fingerprint density at radius 2 is 2.29 bits per heavy atom. The lowest BCUT2D eigenvalue weighted by molar-refractivity contribution is 0.116. The van der Waals surface area contributed by atoms with Gasteiger partial charge >= 0.3 is 0 Å². The van der Waals surface area contributed by atoms with Crippen LogP contribution in [0.1, 0.15) is 37.9 Å². The maximum Gasteiger partial charge on any atom is 0.0750 e. The standard InChI is InChI=1S/C17H29N3O/c1-13(2)9-18-10-15-11-19-14(3)8-17(15)20(4)12-16-6-5-7-21-16/h8,11,13,16,18H,5-7,9-10,12H2,1-4H3. The molecule has 1 aromatic heterocycles. The van der Waals surface area contributed by atoms with Crippen molar-refractivity contribution < 1.29 is 4.74 Å². The lowest BCUT2D eigenvalue weighted by Crippen LogP contribution is -2.30. The maximum atomic E-state index is 5.75. The summed E-state index contributed by atoms with van der Waals surface area (Å²) in [5.41, 5.74) is 3.60. The Balaban J connectivity index is 2.02. The van der Waals surface area contributed by atoms with Crippen LogP contribution in [0.3, 0.4) is 0 Å². The first-order valence-electron chi connectivity index (χ1n) is 8.05. The van der Waals surface area contributed by atoms with E-state index in [2.05, 4.69) is 49.1 Å². The van der Waals surface area contributed by atoms with Gasteiger partial charge < -0.3 is 15.0 Å². The number of rotatable bonds is 7. The highest BCUT2D eigenvalue weighted by Crippen LogP contribution is 2.22. The second kappa shape index (κ2) is 7.76. The van der Waals surface area contributed by atoms with Crippen LogP contribution in [0.15, 0.2) is 12.3 Å². The quantitative estimate of drug-likeness (QED) is 0.838. The highest BCUT2D eigenvalue weighted by molar-refractivity contribution is 5.53. The molecular weight excluding hydrogens is 262 g/mol. The average molecular weight is 291 g/mol. The molecule has 0 aromatic carbocycles. The lowest BCUT2D eigenvalue weighted by Gasteiger charge is -2.25. The lowest BCUT2D eigenvalue weighted by atomic mass is 10.1. The molecular formula is C17H29N3O. The second-order valence-electron chi connectivity index (χ2n) is 6.49. The van der Waals surface area contributed by atoms with E-state index in [1.54, 1.807) is 0 Å². The predicted octanol–water partition coefficient (Wildman–Crippen LogP) is 2.75. The van der Waals surface area contributed by atoms with Crippen molar-refractivity contribution >= 4 is 5.69 Å². The highest BCUT2D eigenvalue weighted by atomic mass is 16.5. The molecule has 1 aliphatic heterocycles. The molecule has 0 radical (unpaired) electrons. The molecule has 1 N–H and O–H groups in total. The molecule has 1 unspecified atom stereocenters. The van der Waals surface area contributed by atoms with Crippen LogP contribution < -0.4 is 10.2 Å². The third kappa shape index (κ3) is 4.97. The minimum Gasteiger partial charge on any atom is -0.376 e. The molecule has 0 spiro atoms. The minimum absolute atomic E-state index is 0.375. The second-order valence-corrected chi connectivity index (χ2v) is 6.49. The third-order valence-electron chi connectivity index (χ3n) is 3.88. The van der Waals surface area contributed by atoms with Crippen molar-refractivity contribution in [3.8, 4) is 0 Å². The van der Waals surface area contributed by atoms with E-state index in [-0.39, 0.29) is 0 Å². The summed E-state index contributed by atoms with van der Waals surface area (Å²) in [5, 5.41) is 3.51. The number of ether oxygens (including phenoxy) is 1. The van der Waals surface area contributed by atoms with E-state index in [9.17, 15) is 0 Å². The third-order valence-corrected chi connectivity index (χ3v) is 3.88. The zero-order valence-corrected chi connectivity index (χ0v) is 13.9. The average Bonchev–Trinajstić information content (AvgIpc) is 2.92. The number of nitrogens with one attached hydrogen (secondary N) is 1. The Morgan fingerprint density at radius 1 is 1.48 bits per heavy atom. The van der Waals surface area contributed by atoms with E-state index in [0.717, 1.165) is 31.9 Å². The Kier molecular flexibility index (Phi) is 6.00. The van der Waals surface area contributed by atoms with Crippen LogP contribution in [0.5, 0.6) is 0 Å². The van der Waals surface area contributed by atoms with Crippen LogP contribution >= 0.6 is 0 Å². The van der Waals surface area contributed by atoms with Crippen molar-refractivity contribution in [2.45, 2.75) is 46.3 Å². The number of anilines is 1. The van der Waals surface area contributed by atoms with Gasteiger partial charge in [-0.15, -0.1) is 0 Å². The SMILES string of the molecule is Cc1cc(N(C)CC2CCCO2)c(CNCC(C)C)cn1. The number of pyridine rings is 1. The number of aryl methyl sites for hydroxylation is 1. The van der Waals surface area contributed by atoms with E-state index in [1.807, 2.05) is 6.20 Å². The van der Waals surface area contributed by atoms with Crippen LogP contribution in [0, 0.1) is 12.8 Å². The van der Waals surface area contributed by atoms with Crippen LogP contribution in [-0.2, 0) is 11.3 Å². The summed E-state index contributed by atoms with van der Waals surface area (Å²) in [7, 11) is 2.16. The van der Waals surface area contributed by atoms with E-state index in [0.29, 0.717) is 12.0 Å². The summed E-state index contributed by atoms with van der Waals surface area (Å²) in [6.07, 6.45) is 4.75. The van der Waals surface area contributed by atoms with Crippen molar-refractivity contribution in [1.82, 2.24) is 10.3 Å². The first-order chi connectivity index (χ1) is 10.1. The van der Waals surface area contributed by atoms with E-state index in [1.165, 1.54) is 24.1 Å².